The second-order valence-corrected chi connectivity index (χ2v) is 6.05. The van der Waals surface area contributed by atoms with Crippen LogP contribution in [0.25, 0.3) is 11.1 Å². The van der Waals surface area contributed by atoms with Crippen LogP contribution in [0.2, 0.25) is 0 Å². The Labute approximate surface area is 131 Å². The van der Waals surface area contributed by atoms with Gasteiger partial charge in [-0.1, -0.05) is 25.1 Å². The van der Waals surface area contributed by atoms with Crippen molar-refractivity contribution in [2.45, 2.75) is 31.6 Å². The van der Waals surface area contributed by atoms with Crippen LogP contribution in [0.4, 0.5) is 0 Å². The van der Waals surface area contributed by atoms with Crippen molar-refractivity contribution < 1.29 is 0 Å². The maximum atomic E-state index is 4.56. The van der Waals surface area contributed by atoms with Crippen LogP contribution >= 0.6 is 12.4 Å². The number of benzene rings is 1. The number of fused-ring (bicyclic) bond motifs is 1. The third kappa shape index (κ3) is 2.58. The van der Waals surface area contributed by atoms with Gasteiger partial charge < -0.3 is 0 Å². The fourth-order valence-corrected chi connectivity index (χ4v) is 2.68. The van der Waals surface area contributed by atoms with Crippen LogP contribution in [0, 0.1) is 0 Å². The first-order valence-electron chi connectivity index (χ1n) is 7.20. The van der Waals surface area contributed by atoms with Crippen molar-refractivity contribution in [2.75, 3.05) is 6.54 Å². The Kier molecular flexibility index (Phi) is 3.54. The summed E-state index contributed by atoms with van der Waals surface area (Å²) in [5, 5.41) is 0. The Morgan fingerprint density at radius 1 is 1.05 bits per heavy atom. The molecule has 108 valence electrons. The van der Waals surface area contributed by atoms with Gasteiger partial charge >= 0.3 is 0 Å². The van der Waals surface area contributed by atoms with Gasteiger partial charge in [0, 0.05) is 36.1 Å². The molecule has 21 heavy (non-hydrogen) atoms. The van der Waals surface area contributed by atoms with Gasteiger partial charge in [-0.2, -0.15) is 0 Å². The molecular formula is C17H18ClN3. The number of aliphatic imine (C=N–C) groups is 1. The molecule has 1 aromatic heterocycles. The van der Waals surface area contributed by atoms with Crippen LogP contribution in [0.15, 0.2) is 35.6 Å². The van der Waals surface area contributed by atoms with E-state index in [1.807, 2.05) is 18.6 Å². The van der Waals surface area contributed by atoms with Gasteiger partial charge in [-0.3, -0.25) is 4.99 Å². The predicted molar refractivity (Wildman–Crippen MR) is 87.5 cm³/mol. The number of hydrogen-bond donors (Lipinski definition) is 0. The number of rotatable bonds is 2. The van der Waals surface area contributed by atoms with E-state index in [1.54, 1.807) is 0 Å². The second-order valence-electron chi connectivity index (χ2n) is 6.05. The average molecular weight is 300 g/mol. The van der Waals surface area contributed by atoms with Crippen molar-refractivity contribution in [2.24, 2.45) is 4.99 Å². The summed E-state index contributed by atoms with van der Waals surface area (Å²) in [6.07, 6.45) is 9.34. The SMILES string of the molecule is CC1(c2ncc(-c3ccc4c(c3)CCN=C4)cn2)CC1.Cl. The zero-order chi connectivity index (χ0) is 13.6. The van der Waals surface area contributed by atoms with E-state index >= 15 is 0 Å². The van der Waals surface area contributed by atoms with E-state index in [-0.39, 0.29) is 17.8 Å². The first-order chi connectivity index (χ1) is 9.74. The molecule has 4 heteroatoms. The molecule has 1 fully saturated rings. The van der Waals surface area contributed by atoms with Crippen molar-refractivity contribution in [3.63, 3.8) is 0 Å². The Balaban J connectivity index is 0.00000132. The van der Waals surface area contributed by atoms with Gasteiger partial charge in [0.15, 0.2) is 0 Å². The van der Waals surface area contributed by atoms with E-state index in [0.717, 1.165) is 24.4 Å². The molecule has 0 atom stereocenters. The highest BCUT2D eigenvalue weighted by atomic mass is 35.5. The summed E-state index contributed by atoms with van der Waals surface area (Å²) in [7, 11) is 0. The molecule has 2 aliphatic rings. The van der Waals surface area contributed by atoms with Gasteiger partial charge in [-0.25, -0.2) is 9.97 Å². The van der Waals surface area contributed by atoms with E-state index in [0.29, 0.717) is 0 Å². The van der Waals surface area contributed by atoms with Crippen LogP contribution in [-0.2, 0) is 11.8 Å². The number of aromatic nitrogens is 2. The maximum Gasteiger partial charge on any atom is 0.134 e. The monoisotopic (exact) mass is 299 g/mol. The minimum atomic E-state index is 0. The first-order valence-corrected chi connectivity index (χ1v) is 7.20. The molecule has 0 bridgehead atoms. The summed E-state index contributed by atoms with van der Waals surface area (Å²) < 4.78 is 0. The molecule has 0 spiro atoms. The Hall–Kier alpha value is -1.74. The van der Waals surface area contributed by atoms with Gasteiger partial charge in [-0.05, 0) is 36.0 Å². The molecule has 0 radical (unpaired) electrons. The summed E-state index contributed by atoms with van der Waals surface area (Å²) in [5.41, 5.74) is 5.15. The fraction of sp³-hybridized carbons (Fsp3) is 0.353. The highest BCUT2D eigenvalue weighted by Crippen LogP contribution is 2.45. The Morgan fingerprint density at radius 3 is 2.52 bits per heavy atom. The molecule has 0 amide bonds. The van der Waals surface area contributed by atoms with E-state index < -0.39 is 0 Å². The third-order valence-corrected chi connectivity index (χ3v) is 4.41. The average Bonchev–Trinajstić information content (AvgIpc) is 3.26. The molecule has 1 saturated carbocycles. The quantitative estimate of drug-likeness (QED) is 0.850. The first kappa shape index (κ1) is 14.2. The lowest BCUT2D eigenvalue weighted by atomic mass is 9.98. The summed E-state index contributed by atoms with van der Waals surface area (Å²) >= 11 is 0. The summed E-state index contributed by atoms with van der Waals surface area (Å²) in [6, 6.07) is 6.52. The maximum absolute atomic E-state index is 4.56. The minimum absolute atomic E-state index is 0. The molecule has 0 unspecified atom stereocenters. The topological polar surface area (TPSA) is 38.1 Å². The van der Waals surface area contributed by atoms with E-state index in [4.69, 9.17) is 0 Å². The van der Waals surface area contributed by atoms with Crippen molar-refractivity contribution in [1.82, 2.24) is 9.97 Å². The molecule has 2 aromatic rings. The van der Waals surface area contributed by atoms with Gasteiger partial charge in [0.1, 0.15) is 5.82 Å². The van der Waals surface area contributed by atoms with E-state index in [9.17, 15) is 0 Å². The second kappa shape index (κ2) is 5.23. The lowest BCUT2D eigenvalue weighted by Gasteiger charge is -2.12. The van der Waals surface area contributed by atoms with Gasteiger partial charge in [0.2, 0.25) is 0 Å². The summed E-state index contributed by atoms with van der Waals surface area (Å²) in [5.74, 6) is 0.992. The van der Waals surface area contributed by atoms with Gasteiger partial charge in [0.25, 0.3) is 0 Å². The predicted octanol–water partition coefficient (Wildman–Crippen LogP) is 3.59. The molecule has 1 aliphatic carbocycles. The molecular weight excluding hydrogens is 282 g/mol. The van der Waals surface area contributed by atoms with Gasteiger partial charge in [-0.15, -0.1) is 12.4 Å². The molecule has 4 rings (SSSR count). The fourth-order valence-electron chi connectivity index (χ4n) is 2.68. The molecule has 0 N–H and O–H groups in total. The van der Waals surface area contributed by atoms with Gasteiger partial charge in [0.05, 0.1) is 0 Å². The number of nitrogens with zero attached hydrogens (tertiary/aromatic N) is 3. The minimum Gasteiger partial charge on any atom is -0.292 e. The lowest BCUT2D eigenvalue weighted by molar-refractivity contribution is 0.709. The normalized spacial score (nSPS) is 17.8. The highest BCUT2D eigenvalue weighted by Gasteiger charge is 2.41. The lowest BCUT2D eigenvalue weighted by Crippen LogP contribution is -2.06. The summed E-state index contributed by atoms with van der Waals surface area (Å²) in [4.78, 5) is 13.4. The molecule has 2 heterocycles. The van der Waals surface area contributed by atoms with Crippen LogP contribution in [0.5, 0.6) is 0 Å². The standard InChI is InChI=1S/C17H17N3.ClH/c1-17(5-6-17)16-19-10-15(11-20-16)12-2-3-14-9-18-7-4-13(14)8-12;/h2-3,8-11H,4-7H2,1H3;1H. The zero-order valence-electron chi connectivity index (χ0n) is 12.0. The van der Waals surface area contributed by atoms with E-state index in [1.165, 1.54) is 29.5 Å². The Bertz CT molecular complexity index is 688. The number of halogens is 1. The van der Waals surface area contributed by atoms with Crippen LogP contribution in [-0.4, -0.2) is 22.7 Å². The number of hydrogen-bond acceptors (Lipinski definition) is 3. The third-order valence-electron chi connectivity index (χ3n) is 4.41. The molecule has 0 saturated heterocycles. The zero-order valence-corrected chi connectivity index (χ0v) is 12.9. The van der Waals surface area contributed by atoms with Crippen LogP contribution in [0.1, 0.15) is 36.7 Å². The van der Waals surface area contributed by atoms with Crippen molar-refractivity contribution in [3.05, 3.63) is 47.5 Å². The smallest absolute Gasteiger partial charge is 0.134 e. The molecule has 1 aliphatic heterocycles. The summed E-state index contributed by atoms with van der Waals surface area (Å²) in [6.45, 7) is 3.13. The highest BCUT2D eigenvalue weighted by molar-refractivity contribution is 5.85. The Morgan fingerprint density at radius 2 is 1.81 bits per heavy atom. The largest absolute Gasteiger partial charge is 0.292 e. The van der Waals surface area contributed by atoms with Crippen molar-refractivity contribution >= 4 is 18.6 Å². The van der Waals surface area contributed by atoms with E-state index in [2.05, 4.69) is 40.1 Å². The molecule has 3 nitrogen and oxygen atoms in total. The van der Waals surface area contributed by atoms with Crippen LogP contribution < -0.4 is 0 Å². The van der Waals surface area contributed by atoms with Crippen LogP contribution in [0.3, 0.4) is 0 Å². The van der Waals surface area contributed by atoms with Crippen molar-refractivity contribution in [3.8, 4) is 11.1 Å². The van der Waals surface area contributed by atoms with Crippen molar-refractivity contribution in [1.29, 1.82) is 0 Å². The molecule has 1 aromatic carbocycles.